The molecule has 1 saturated heterocycles. The van der Waals surface area contributed by atoms with Crippen molar-refractivity contribution in [2.24, 2.45) is 0 Å². The van der Waals surface area contributed by atoms with E-state index in [9.17, 15) is 0 Å². The van der Waals surface area contributed by atoms with Gasteiger partial charge in [0.2, 0.25) is 0 Å². The van der Waals surface area contributed by atoms with Crippen molar-refractivity contribution in [3.63, 3.8) is 0 Å². The van der Waals surface area contributed by atoms with Crippen LogP contribution in [0, 0.1) is 0 Å². The first-order valence-electron chi connectivity index (χ1n) is 7.27. The summed E-state index contributed by atoms with van der Waals surface area (Å²) in [7, 11) is 0. The Morgan fingerprint density at radius 3 is 2.75 bits per heavy atom. The molecule has 5 heteroatoms. The van der Waals surface area contributed by atoms with Crippen LogP contribution in [0.2, 0.25) is 0 Å². The van der Waals surface area contributed by atoms with Gasteiger partial charge in [-0.15, -0.1) is 11.3 Å². The van der Waals surface area contributed by atoms with Gasteiger partial charge in [-0.25, -0.2) is 0 Å². The minimum atomic E-state index is 0.252. The van der Waals surface area contributed by atoms with Crippen LogP contribution in [0.25, 0.3) is 0 Å². The lowest BCUT2D eigenvalue weighted by Gasteiger charge is -2.34. The van der Waals surface area contributed by atoms with Crippen LogP contribution >= 0.6 is 23.6 Å². The first-order chi connectivity index (χ1) is 9.47. The smallest absolute Gasteiger partial charge is 0.169 e. The summed E-state index contributed by atoms with van der Waals surface area (Å²) in [5.74, 6) is 0. The highest BCUT2D eigenvalue weighted by Gasteiger charge is 2.24. The summed E-state index contributed by atoms with van der Waals surface area (Å²) in [4.78, 5) is 6.20. The van der Waals surface area contributed by atoms with Gasteiger partial charge in [0.15, 0.2) is 5.11 Å². The van der Waals surface area contributed by atoms with E-state index >= 15 is 0 Å². The Morgan fingerprint density at radius 2 is 2.10 bits per heavy atom. The zero-order chi connectivity index (χ0) is 14.6. The van der Waals surface area contributed by atoms with Crippen LogP contribution in [0.3, 0.4) is 0 Å². The van der Waals surface area contributed by atoms with Gasteiger partial charge in [-0.2, -0.15) is 0 Å². The van der Waals surface area contributed by atoms with E-state index in [-0.39, 0.29) is 5.54 Å². The first kappa shape index (κ1) is 15.7. The Morgan fingerprint density at radius 1 is 1.30 bits per heavy atom. The lowest BCUT2D eigenvalue weighted by molar-refractivity contribution is 0.144. The minimum Gasteiger partial charge on any atom is -0.358 e. The van der Waals surface area contributed by atoms with Gasteiger partial charge in [0.05, 0.1) is 6.54 Å². The third-order valence-corrected chi connectivity index (χ3v) is 5.00. The lowest BCUT2D eigenvalue weighted by atomic mass is 10.1. The van der Waals surface area contributed by atoms with E-state index in [2.05, 4.69) is 53.4 Å². The molecule has 1 aromatic rings. The summed E-state index contributed by atoms with van der Waals surface area (Å²) in [6, 6.07) is 4.22. The van der Waals surface area contributed by atoms with Crippen LogP contribution in [0.15, 0.2) is 17.5 Å². The van der Waals surface area contributed by atoms with Gasteiger partial charge < -0.3 is 10.2 Å². The van der Waals surface area contributed by atoms with E-state index in [0.717, 1.165) is 37.8 Å². The Labute approximate surface area is 132 Å². The molecule has 3 nitrogen and oxygen atoms in total. The highest BCUT2D eigenvalue weighted by atomic mass is 32.1. The second-order valence-corrected chi connectivity index (χ2v) is 7.66. The summed E-state index contributed by atoms with van der Waals surface area (Å²) < 4.78 is 0. The molecule has 1 fully saturated rings. The van der Waals surface area contributed by atoms with Gasteiger partial charge in [-0.05, 0) is 50.9 Å². The fraction of sp³-hybridized carbons (Fsp3) is 0.667. The molecule has 1 aliphatic heterocycles. The lowest BCUT2D eigenvalue weighted by Crippen LogP contribution is -2.45. The van der Waals surface area contributed by atoms with Crippen molar-refractivity contribution in [3.05, 3.63) is 22.4 Å². The Hall–Kier alpha value is -0.650. The van der Waals surface area contributed by atoms with E-state index in [1.165, 1.54) is 11.3 Å². The summed E-state index contributed by atoms with van der Waals surface area (Å²) in [6.45, 7) is 12.0. The molecule has 2 rings (SSSR count). The van der Waals surface area contributed by atoms with Crippen molar-refractivity contribution in [1.29, 1.82) is 0 Å². The fourth-order valence-corrected chi connectivity index (χ4v) is 3.38. The van der Waals surface area contributed by atoms with Gasteiger partial charge in [0.25, 0.3) is 0 Å². The van der Waals surface area contributed by atoms with Crippen LogP contribution in [-0.4, -0.2) is 46.6 Å². The van der Waals surface area contributed by atoms with Gasteiger partial charge in [0, 0.05) is 36.6 Å². The summed E-state index contributed by atoms with van der Waals surface area (Å²) in [6.07, 6.45) is 1.18. The highest BCUT2D eigenvalue weighted by Crippen LogP contribution is 2.16. The van der Waals surface area contributed by atoms with Gasteiger partial charge in [-0.3, -0.25) is 4.90 Å². The third kappa shape index (κ3) is 4.43. The number of hydrogen-bond donors (Lipinski definition) is 1. The van der Waals surface area contributed by atoms with Crippen LogP contribution in [0.1, 0.15) is 32.1 Å². The molecule has 2 heterocycles. The Kier molecular flexibility index (Phi) is 5.41. The van der Waals surface area contributed by atoms with Gasteiger partial charge in [0.1, 0.15) is 0 Å². The van der Waals surface area contributed by atoms with E-state index < -0.39 is 0 Å². The molecule has 0 radical (unpaired) electrons. The zero-order valence-corrected chi connectivity index (χ0v) is 14.3. The number of rotatable bonds is 2. The van der Waals surface area contributed by atoms with Crippen LogP contribution in [0.4, 0.5) is 0 Å². The molecule has 0 aromatic carbocycles. The predicted molar refractivity (Wildman–Crippen MR) is 91.3 cm³/mol. The minimum absolute atomic E-state index is 0.252. The molecule has 0 saturated carbocycles. The van der Waals surface area contributed by atoms with Crippen LogP contribution in [0.5, 0.6) is 0 Å². The predicted octanol–water partition coefficient (Wildman–Crippen LogP) is 2.93. The molecule has 0 amide bonds. The molecule has 0 unspecified atom stereocenters. The van der Waals surface area contributed by atoms with E-state index in [1.54, 1.807) is 11.3 Å². The average molecular weight is 312 g/mol. The number of nitrogens with one attached hydrogen (secondary N) is 1. The van der Waals surface area contributed by atoms with Crippen molar-refractivity contribution < 1.29 is 0 Å². The third-order valence-electron chi connectivity index (χ3n) is 3.73. The largest absolute Gasteiger partial charge is 0.358 e. The molecular formula is C15H25N3S2. The van der Waals surface area contributed by atoms with Crippen LogP contribution in [-0.2, 0) is 6.54 Å². The summed E-state index contributed by atoms with van der Waals surface area (Å²) in [5, 5.41) is 6.39. The second-order valence-electron chi connectivity index (χ2n) is 6.24. The quantitative estimate of drug-likeness (QED) is 0.846. The first-order valence-corrected chi connectivity index (χ1v) is 8.56. The van der Waals surface area contributed by atoms with Crippen molar-refractivity contribution in [2.45, 2.75) is 39.3 Å². The molecule has 1 N–H and O–H groups in total. The standard InChI is InChI=1S/C15H25N3S2/c1-15(2,3)18-8-5-7-17(9-10-18)14(19)16-12-13-6-4-11-20-13/h4,6,11H,5,7-10,12H2,1-3H3,(H,16,19). The van der Waals surface area contributed by atoms with Gasteiger partial charge in [-0.1, -0.05) is 6.07 Å². The average Bonchev–Trinajstić information content (AvgIpc) is 2.76. The maximum absolute atomic E-state index is 5.54. The van der Waals surface area contributed by atoms with Gasteiger partial charge >= 0.3 is 0 Å². The van der Waals surface area contributed by atoms with Crippen molar-refractivity contribution >= 4 is 28.7 Å². The Bertz CT molecular complexity index is 423. The van der Waals surface area contributed by atoms with Crippen molar-refractivity contribution in [2.75, 3.05) is 26.2 Å². The molecule has 20 heavy (non-hydrogen) atoms. The topological polar surface area (TPSA) is 18.5 Å². The zero-order valence-electron chi connectivity index (χ0n) is 12.7. The fourth-order valence-electron chi connectivity index (χ4n) is 2.48. The highest BCUT2D eigenvalue weighted by molar-refractivity contribution is 7.80. The molecule has 1 aliphatic rings. The molecule has 112 valence electrons. The maximum Gasteiger partial charge on any atom is 0.169 e. The Balaban J connectivity index is 1.82. The van der Waals surface area contributed by atoms with Crippen molar-refractivity contribution in [1.82, 2.24) is 15.1 Å². The van der Waals surface area contributed by atoms with E-state index in [0.29, 0.717) is 0 Å². The molecule has 0 bridgehead atoms. The molecule has 1 aromatic heterocycles. The number of thiophene rings is 1. The molecular weight excluding hydrogens is 286 g/mol. The normalized spacial score (nSPS) is 17.9. The molecule has 0 aliphatic carbocycles. The second kappa shape index (κ2) is 6.87. The number of thiocarbonyl (C=S) groups is 1. The van der Waals surface area contributed by atoms with Crippen LogP contribution < -0.4 is 5.32 Å². The summed E-state index contributed by atoms with van der Waals surface area (Å²) in [5.41, 5.74) is 0.252. The SMILES string of the molecule is CC(C)(C)N1CCCN(C(=S)NCc2cccs2)CC1. The maximum atomic E-state index is 5.54. The summed E-state index contributed by atoms with van der Waals surface area (Å²) >= 11 is 7.31. The van der Waals surface area contributed by atoms with E-state index in [4.69, 9.17) is 12.2 Å². The molecule has 0 atom stereocenters. The van der Waals surface area contributed by atoms with E-state index in [1.807, 2.05) is 0 Å². The number of nitrogens with zero attached hydrogens (tertiary/aromatic N) is 2. The monoisotopic (exact) mass is 311 g/mol. The number of hydrogen-bond acceptors (Lipinski definition) is 3. The molecule has 0 spiro atoms. The van der Waals surface area contributed by atoms with Crippen molar-refractivity contribution in [3.8, 4) is 0 Å².